The summed E-state index contributed by atoms with van der Waals surface area (Å²) in [4.78, 5) is 12.7. The Morgan fingerprint density at radius 3 is 2.47 bits per heavy atom. The van der Waals surface area contributed by atoms with Crippen LogP contribution >= 0.6 is 0 Å². The Balaban J connectivity index is 1.65. The van der Waals surface area contributed by atoms with Crippen LogP contribution in [0.2, 0.25) is 0 Å². The van der Waals surface area contributed by atoms with Crippen molar-refractivity contribution in [1.82, 2.24) is 19.8 Å². The third kappa shape index (κ3) is 4.70. The molecule has 11 heteroatoms. The summed E-state index contributed by atoms with van der Waals surface area (Å²) in [7, 11) is -4.31. The molecule has 0 amide bonds. The lowest BCUT2D eigenvalue weighted by atomic mass is 9.97. The molecule has 3 aromatic rings. The predicted molar refractivity (Wildman–Crippen MR) is 127 cm³/mol. The Bertz CT molecular complexity index is 1410. The van der Waals surface area contributed by atoms with Crippen LogP contribution in [-0.2, 0) is 35.1 Å². The van der Waals surface area contributed by atoms with Gasteiger partial charge in [0, 0.05) is 36.5 Å². The average molecular weight is 521 g/mol. The first-order valence-electron chi connectivity index (χ1n) is 11.4. The summed E-state index contributed by atoms with van der Waals surface area (Å²) in [5.74, 6) is -3.14. The number of aromatic nitrogens is 2. The molecule has 0 radical (unpaired) electrons. The first-order valence-corrected chi connectivity index (χ1v) is 12.9. The lowest BCUT2D eigenvalue weighted by Crippen LogP contribution is -2.40. The maximum atomic E-state index is 14.7. The summed E-state index contributed by atoms with van der Waals surface area (Å²) in [5.41, 5.74) is 0.540. The molecule has 36 heavy (non-hydrogen) atoms. The molecule has 2 N–H and O–H groups in total. The number of benzene rings is 2. The number of ketones is 1. The van der Waals surface area contributed by atoms with E-state index in [1.165, 1.54) is 12.1 Å². The highest BCUT2D eigenvalue weighted by atomic mass is 32.2. The van der Waals surface area contributed by atoms with Crippen molar-refractivity contribution in [2.24, 2.45) is 0 Å². The molecule has 1 aliphatic heterocycles. The average Bonchev–Trinajstić information content (AvgIpc) is 3.29. The molecule has 1 aromatic heterocycles. The number of hydrogen-bond acceptors (Lipinski definition) is 5. The van der Waals surface area contributed by atoms with Crippen molar-refractivity contribution >= 4 is 15.8 Å². The van der Waals surface area contributed by atoms with Crippen molar-refractivity contribution in [1.29, 1.82) is 0 Å². The summed E-state index contributed by atoms with van der Waals surface area (Å²) in [6.07, 6.45) is -0.226. The van der Waals surface area contributed by atoms with E-state index in [1.807, 2.05) is 13.8 Å². The summed E-state index contributed by atoms with van der Waals surface area (Å²) < 4.78 is 70.0. The minimum atomic E-state index is -4.31. The zero-order valence-corrected chi connectivity index (χ0v) is 21.1. The zero-order chi connectivity index (χ0) is 26.4. The van der Waals surface area contributed by atoms with Gasteiger partial charge in [0.1, 0.15) is 17.5 Å². The Kier molecular flexibility index (Phi) is 6.84. The minimum absolute atomic E-state index is 0.0361. The number of fused-ring (bicyclic) bond motifs is 1. The van der Waals surface area contributed by atoms with Crippen LogP contribution in [0.1, 0.15) is 60.6 Å². The summed E-state index contributed by atoms with van der Waals surface area (Å²) in [6.45, 7) is 7.25. The van der Waals surface area contributed by atoms with E-state index in [1.54, 1.807) is 19.9 Å². The van der Waals surface area contributed by atoms with Crippen LogP contribution in [-0.4, -0.2) is 34.7 Å². The molecule has 192 valence electrons. The molecule has 0 aliphatic carbocycles. The second kappa shape index (κ2) is 9.45. The third-order valence-electron chi connectivity index (χ3n) is 6.30. The largest absolute Gasteiger partial charge is 0.310 e. The summed E-state index contributed by atoms with van der Waals surface area (Å²) in [5, 5.41) is 10.2. The number of rotatable bonds is 8. The van der Waals surface area contributed by atoms with Crippen molar-refractivity contribution in [3.63, 3.8) is 0 Å². The molecule has 0 bridgehead atoms. The fourth-order valence-corrected chi connectivity index (χ4v) is 6.23. The van der Waals surface area contributed by atoms with E-state index >= 15 is 0 Å². The van der Waals surface area contributed by atoms with Gasteiger partial charge in [-0.25, -0.2) is 21.6 Å². The monoisotopic (exact) mass is 520 g/mol. The van der Waals surface area contributed by atoms with Crippen LogP contribution in [0, 0.1) is 17.5 Å². The van der Waals surface area contributed by atoms with E-state index in [2.05, 4.69) is 15.5 Å². The lowest BCUT2D eigenvalue weighted by molar-refractivity contribution is 0.0986. The number of H-pyrrole nitrogens is 1. The van der Waals surface area contributed by atoms with Gasteiger partial charge in [0.25, 0.3) is 0 Å². The number of hydrogen-bond donors (Lipinski definition) is 2. The molecule has 2 heterocycles. The van der Waals surface area contributed by atoms with Gasteiger partial charge >= 0.3 is 0 Å². The first-order chi connectivity index (χ1) is 16.8. The fraction of sp³-hybridized carbons (Fsp3) is 0.360. The second-order valence-electron chi connectivity index (χ2n) is 9.61. The number of Topliss-reactive ketones (excluding diaryl/α,β-unsaturated/α-hetero) is 1. The van der Waals surface area contributed by atoms with Gasteiger partial charge < -0.3 is 5.32 Å². The van der Waals surface area contributed by atoms with E-state index in [9.17, 15) is 26.4 Å². The van der Waals surface area contributed by atoms with Gasteiger partial charge in [-0.15, -0.1) is 0 Å². The van der Waals surface area contributed by atoms with E-state index < -0.39 is 43.7 Å². The number of nitrogens with zero attached hydrogens (tertiary/aromatic N) is 2. The third-order valence-corrected chi connectivity index (χ3v) is 8.30. The highest BCUT2D eigenvalue weighted by molar-refractivity contribution is 7.89. The van der Waals surface area contributed by atoms with Crippen LogP contribution in [0.25, 0.3) is 0 Å². The molecule has 0 saturated heterocycles. The second-order valence-corrected chi connectivity index (χ2v) is 11.5. The summed E-state index contributed by atoms with van der Waals surface area (Å²) in [6, 6.07) is 6.68. The minimum Gasteiger partial charge on any atom is -0.310 e. The number of sulfonamides is 1. The van der Waals surface area contributed by atoms with Gasteiger partial charge in [0.05, 0.1) is 28.1 Å². The van der Waals surface area contributed by atoms with Crippen molar-refractivity contribution < 1.29 is 26.4 Å². The number of carbonyl (C=O) groups is 1. The number of nitrogens with one attached hydrogen (secondary N) is 2. The Hall–Kier alpha value is -3.02. The highest BCUT2D eigenvalue weighted by Gasteiger charge is 2.48. The van der Waals surface area contributed by atoms with Gasteiger partial charge in [-0.1, -0.05) is 26.0 Å². The van der Waals surface area contributed by atoms with Crippen molar-refractivity contribution in [3.8, 4) is 0 Å². The smallest absolute Gasteiger partial charge is 0.244 e. The summed E-state index contributed by atoms with van der Waals surface area (Å²) >= 11 is 0. The fourth-order valence-electron chi connectivity index (χ4n) is 4.46. The number of halogens is 3. The molecule has 0 saturated carbocycles. The van der Waals surface area contributed by atoms with Crippen LogP contribution < -0.4 is 5.32 Å². The quantitative estimate of drug-likeness (QED) is 0.435. The normalized spacial score (nSPS) is 15.4. The van der Waals surface area contributed by atoms with Gasteiger partial charge in [0.2, 0.25) is 10.0 Å². The molecule has 4 rings (SSSR count). The molecule has 0 unspecified atom stereocenters. The van der Waals surface area contributed by atoms with Crippen LogP contribution in [0.3, 0.4) is 0 Å². The molecule has 0 atom stereocenters. The van der Waals surface area contributed by atoms with Crippen LogP contribution in [0.4, 0.5) is 13.2 Å². The standard InChI is InChI=1S/C25H27F3N4O3S/c1-14(2)29-12-15-6-5-7-20(28)23(15)22(33)11-21-19-13-32(25(3,4)24(19)31-30-21)36(34,35)18-9-16(26)8-17(27)10-18/h5-10,14,29H,11-13H2,1-4H3,(H,30,31). The van der Waals surface area contributed by atoms with Crippen molar-refractivity contribution in [3.05, 3.63) is 81.9 Å². The molecule has 0 fully saturated rings. The molecular weight excluding hydrogens is 493 g/mol. The zero-order valence-electron chi connectivity index (χ0n) is 20.3. The Morgan fingerprint density at radius 2 is 1.83 bits per heavy atom. The Morgan fingerprint density at radius 1 is 1.17 bits per heavy atom. The van der Waals surface area contributed by atoms with E-state index in [4.69, 9.17) is 0 Å². The Labute approximate surface area is 207 Å². The first kappa shape index (κ1) is 26.1. The lowest BCUT2D eigenvalue weighted by Gasteiger charge is -2.30. The molecule has 7 nitrogen and oxygen atoms in total. The van der Waals surface area contributed by atoms with Crippen molar-refractivity contribution in [2.45, 2.75) is 63.7 Å². The number of carbonyl (C=O) groups excluding carboxylic acids is 1. The van der Waals surface area contributed by atoms with Gasteiger partial charge in [0.15, 0.2) is 5.78 Å². The van der Waals surface area contributed by atoms with Crippen LogP contribution in [0.15, 0.2) is 41.3 Å². The molecule has 0 spiro atoms. The molecule has 1 aliphatic rings. The highest BCUT2D eigenvalue weighted by Crippen LogP contribution is 2.42. The van der Waals surface area contributed by atoms with E-state index in [-0.39, 0.29) is 24.6 Å². The maximum Gasteiger partial charge on any atom is 0.244 e. The maximum absolute atomic E-state index is 14.7. The van der Waals surface area contributed by atoms with E-state index in [0.717, 1.165) is 16.4 Å². The van der Waals surface area contributed by atoms with Crippen LogP contribution in [0.5, 0.6) is 0 Å². The van der Waals surface area contributed by atoms with Gasteiger partial charge in [-0.05, 0) is 37.6 Å². The van der Waals surface area contributed by atoms with Gasteiger partial charge in [-0.2, -0.15) is 9.40 Å². The predicted octanol–water partition coefficient (Wildman–Crippen LogP) is 4.19. The van der Waals surface area contributed by atoms with Crippen molar-refractivity contribution in [2.75, 3.05) is 0 Å². The topological polar surface area (TPSA) is 95.2 Å². The number of aromatic amines is 1. The van der Waals surface area contributed by atoms with E-state index in [0.29, 0.717) is 35.1 Å². The molecular formula is C25H27F3N4O3S. The SMILES string of the molecule is CC(C)NCc1cccc(F)c1C(=O)Cc1[nH]nc2c1CN(S(=O)(=O)c1cc(F)cc(F)c1)C2(C)C. The van der Waals surface area contributed by atoms with Gasteiger partial charge in [-0.3, -0.25) is 9.89 Å². The molecule has 2 aromatic carbocycles.